The van der Waals surface area contributed by atoms with Gasteiger partial charge in [-0.2, -0.15) is 10.2 Å². The van der Waals surface area contributed by atoms with Gasteiger partial charge in [0, 0.05) is 0 Å². The molecule has 0 aliphatic carbocycles. The molecule has 0 aromatic heterocycles. The molecule has 0 saturated heterocycles. The van der Waals surface area contributed by atoms with E-state index in [-0.39, 0.29) is 11.0 Å². The maximum absolute atomic E-state index is 5.65. The Morgan fingerprint density at radius 1 is 1.44 bits per heavy atom. The fourth-order valence-corrected chi connectivity index (χ4v) is 0.915. The Balaban J connectivity index is 2.70. The van der Waals surface area contributed by atoms with E-state index in [9.17, 15) is 0 Å². The van der Waals surface area contributed by atoms with E-state index in [1.807, 2.05) is 6.92 Å². The summed E-state index contributed by atoms with van der Waals surface area (Å²) < 4.78 is 0. The summed E-state index contributed by atoms with van der Waals surface area (Å²) in [5, 5.41) is 7.33. The van der Waals surface area contributed by atoms with E-state index in [2.05, 4.69) is 10.2 Å². The SMILES string of the molecule is CC1=C[C@H](Cl)N=N[C@H]1Cl. The summed E-state index contributed by atoms with van der Waals surface area (Å²) in [4.78, 5) is 0. The van der Waals surface area contributed by atoms with Crippen LogP contribution in [0.25, 0.3) is 0 Å². The van der Waals surface area contributed by atoms with Crippen molar-refractivity contribution >= 4 is 23.2 Å². The molecule has 0 N–H and O–H groups in total. The second-order valence-electron chi connectivity index (χ2n) is 1.85. The first-order valence-electron chi connectivity index (χ1n) is 2.56. The predicted octanol–water partition coefficient (Wildman–Crippen LogP) is 2.53. The highest BCUT2D eigenvalue weighted by atomic mass is 35.5. The van der Waals surface area contributed by atoms with Gasteiger partial charge in [0.15, 0.2) is 11.0 Å². The molecule has 2 atom stereocenters. The quantitative estimate of drug-likeness (QED) is 0.299. The lowest BCUT2D eigenvalue weighted by Gasteiger charge is -2.09. The highest BCUT2D eigenvalue weighted by molar-refractivity contribution is 6.23. The summed E-state index contributed by atoms with van der Waals surface area (Å²) in [5.41, 5.74) is 0.340. The number of alkyl halides is 2. The first-order chi connectivity index (χ1) is 4.20. The zero-order valence-electron chi connectivity index (χ0n) is 4.88. The minimum absolute atomic E-state index is 0.306. The van der Waals surface area contributed by atoms with Crippen LogP contribution in [0.4, 0.5) is 0 Å². The molecular weight excluding hydrogens is 159 g/mol. The van der Waals surface area contributed by atoms with E-state index in [0.29, 0.717) is 0 Å². The monoisotopic (exact) mass is 164 g/mol. The Hall–Kier alpha value is -0.0800. The average molecular weight is 165 g/mol. The minimum atomic E-state index is -0.319. The molecule has 0 radical (unpaired) electrons. The maximum Gasteiger partial charge on any atom is 0.165 e. The van der Waals surface area contributed by atoms with Gasteiger partial charge in [0.2, 0.25) is 0 Å². The van der Waals surface area contributed by atoms with Crippen LogP contribution in [0.5, 0.6) is 0 Å². The lowest BCUT2D eigenvalue weighted by Crippen LogP contribution is -2.04. The van der Waals surface area contributed by atoms with Crippen LogP contribution in [0.1, 0.15) is 6.92 Å². The molecule has 0 spiro atoms. The third kappa shape index (κ3) is 1.66. The molecule has 2 nitrogen and oxygen atoms in total. The number of hydrogen-bond acceptors (Lipinski definition) is 2. The van der Waals surface area contributed by atoms with Crippen molar-refractivity contribution in [2.75, 3.05) is 0 Å². The van der Waals surface area contributed by atoms with Crippen molar-refractivity contribution in [2.45, 2.75) is 17.9 Å². The molecule has 0 aromatic rings. The van der Waals surface area contributed by atoms with Crippen molar-refractivity contribution in [3.63, 3.8) is 0 Å². The summed E-state index contributed by atoms with van der Waals surface area (Å²) in [7, 11) is 0. The average Bonchev–Trinajstić information content (AvgIpc) is 1.80. The van der Waals surface area contributed by atoms with Crippen LogP contribution in [0, 0.1) is 0 Å². The van der Waals surface area contributed by atoms with Gasteiger partial charge in [-0.25, -0.2) is 0 Å². The largest absolute Gasteiger partial charge is 0.168 e. The fourth-order valence-electron chi connectivity index (χ4n) is 0.543. The van der Waals surface area contributed by atoms with E-state index in [1.165, 1.54) is 0 Å². The Labute approximate surface area is 63.6 Å². The lowest BCUT2D eigenvalue weighted by molar-refractivity contribution is 0.820. The first kappa shape index (κ1) is 7.03. The molecule has 4 heteroatoms. The lowest BCUT2D eigenvalue weighted by atomic mass is 10.3. The summed E-state index contributed by atoms with van der Waals surface area (Å²) >= 11 is 11.2. The molecule has 0 bridgehead atoms. The van der Waals surface area contributed by atoms with Crippen molar-refractivity contribution in [1.82, 2.24) is 0 Å². The molecule has 9 heavy (non-hydrogen) atoms. The van der Waals surface area contributed by atoms with Gasteiger partial charge in [-0.15, -0.1) is 0 Å². The van der Waals surface area contributed by atoms with Gasteiger partial charge in [0.25, 0.3) is 0 Å². The van der Waals surface area contributed by atoms with Crippen molar-refractivity contribution in [3.8, 4) is 0 Å². The summed E-state index contributed by atoms with van der Waals surface area (Å²) in [6, 6.07) is 0. The van der Waals surface area contributed by atoms with Crippen molar-refractivity contribution < 1.29 is 0 Å². The standard InChI is InChI=1S/C5H6Cl2N2/c1-3-2-4(6)8-9-5(3)7/h2,4-5H,1H3/t4-,5-/m1/s1. The molecule has 0 aromatic carbocycles. The Morgan fingerprint density at radius 2 is 2.11 bits per heavy atom. The van der Waals surface area contributed by atoms with Crippen LogP contribution >= 0.6 is 23.2 Å². The van der Waals surface area contributed by atoms with Crippen LogP contribution in [-0.2, 0) is 0 Å². The molecule has 1 aliphatic heterocycles. The highest BCUT2D eigenvalue weighted by Crippen LogP contribution is 2.19. The molecule has 1 rings (SSSR count). The first-order valence-corrected chi connectivity index (χ1v) is 3.44. The molecule has 1 heterocycles. The van der Waals surface area contributed by atoms with Crippen LogP contribution in [0.2, 0.25) is 0 Å². The van der Waals surface area contributed by atoms with Crippen LogP contribution in [0.3, 0.4) is 0 Å². The van der Waals surface area contributed by atoms with Gasteiger partial charge >= 0.3 is 0 Å². The third-order valence-electron chi connectivity index (χ3n) is 1.05. The van der Waals surface area contributed by atoms with Crippen LogP contribution in [0.15, 0.2) is 21.9 Å². The van der Waals surface area contributed by atoms with E-state index in [1.54, 1.807) is 6.08 Å². The van der Waals surface area contributed by atoms with Gasteiger partial charge in [0.05, 0.1) is 0 Å². The molecule has 0 amide bonds. The van der Waals surface area contributed by atoms with Crippen LogP contribution in [-0.4, -0.2) is 11.0 Å². The molecule has 1 aliphatic rings. The zero-order chi connectivity index (χ0) is 6.85. The van der Waals surface area contributed by atoms with E-state index in [0.717, 1.165) is 5.57 Å². The second-order valence-corrected chi connectivity index (χ2v) is 2.71. The summed E-state index contributed by atoms with van der Waals surface area (Å²) in [5.74, 6) is 0. The molecule has 0 unspecified atom stereocenters. The van der Waals surface area contributed by atoms with Crippen molar-refractivity contribution in [1.29, 1.82) is 0 Å². The smallest absolute Gasteiger partial charge is 0.165 e. The molecule has 0 saturated carbocycles. The number of azo groups is 1. The Morgan fingerprint density at radius 3 is 2.56 bits per heavy atom. The van der Waals surface area contributed by atoms with Gasteiger partial charge in [0.1, 0.15) is 0 Å². The van der Waals surface area contributed by atoms with Crippen molar-refractivity contribution in [2.24, 2.45) is 10.2 Å². The van der Waals surface area contributed by atoms with E-state index >= 15 is 0 Å². The van der Waals surface area contributed by atoms with Gasteiger partial charge in [-0.3, -0.25) is 0 Å². The summed E-state index contributed by atoms with van der Waals surface area (Å²) in [6.45, 7) is 1.88. The van der Waals surface area contributed by atoms with Gasteiger partial charge in [-0.05, 0) is 18.6 Å². The Kier molecular flexibility index (Phi) is 2.09. The van der Waals surface area contributed by atoms with Gasteiger partial charge < -0.3 is 0 Å². The number of hydrogen-bond donors (Lipinski definition) is 0. The normalized spacial score (nSPS) is 34.3. The highest BCUT2D eigenvalue weighted by Gasteiger charge is 2.11. The zero-order valence-corrected chi connectivity index (χ0v) is 6.39. The number of nitrogens with zero attached hydrogens (tertiary/aromatic N) is 2. The second kappa shape index (κ2) is 2.67. The van der Waals surface area contributed by atoms with Crippen molar-refractivity contribution in [3.05, 3.63) is 11.6 Å². The van der Waals surface area contributed by atoms with E-state index < -0.39 is 0 Å². The van der Waals surface area contributed by atoms with Gasteiger partial charge in [-0.1, -0.05) is 23.2 Å². The maximum atomic E-state index is 5.65. The topological polar surface area (TPSA) is 24.7 Å². The fraction of sp³-hybridized carbons (Fsp3) is 0.600. The number of halogens is 2. The van der Waals surface area contributed by atoms with Crippen LogP contribution < -0.4 is 0 Å². The molecular formula is C5H6Cl2N2. The predicted molar refractivity (Wildman–Crippen MR) is 37.9 cm³/mol. The minimum Gasteiger partial charge on any atom is -0.168 e. The number of rotatable bonds is 0. The van der Waals surface area contributed by atoms with E-state index in [4.69, 9.17) is 23.2 Å². The third-order valence-corrected chi connectivity index (χ3v) is 1.70. The summed E-state index contributed by atoms with van der Waals surface area (Å²) in [6.07, 6.45) is 1.78. The Bertz CT molecular complexity index is 164. The molecule has 0 fully saturated rings. The molecule has 50 valence electrons.